The maximum absolute atomic E-state index is 5.73. The molecule has 1 saturated heterocycles. The van der Waals surface area contributed by atoms with Gasteiger partial charge in [-0.05, 0) is 13.8 Å². The van der Waals surface area contributed by atoms with Crippen molar-refractivity contribution in [2.24, 2.45) is 0 Å². The summed E-state index contributed by atoms with van der Waals surface area (Å²) in [6.45, 7) is 4.75. The average molecular weight is 293 g/mol. The van der Waals surface area contributed by atoms with Crippen LogP contribution in [-0.4, -0.2) is 35.1 Å². The Morgan fingerprint density at radius 3 is 2.61 bits per heavy atom. The summed E-state index contributed by atoms with van der Waals surface area (Å²) in [6.07, 6.45) is 0.714. The molecule has 2 rings (SSSR count). The van der Waals surface area contributed by atoms with Gasteiger partial charge in [0.25, 0.3) is 0 Å². The Hall–Kier alpha value is -0.620. The number of aromatic nitrogens is 2. The molecule has 5 nitrogen and oxygen atoms in total. The van der Waals surface area contributed by atoms with Crippen LogP contribution in [-0.2, 0) is 9.47 Å². The van der Waals surface area contributed by atoms with Crippen molar-refractivity contribution < 1.29 is 14.2 Å². The highest BCUT2D eigenvalue weighted by molar-refractivity contribution is 6.33. The summed E-state index contributed by atoms with van der Waals surface area (Å²) in [5.41, 5.74) is 0. The minimum absolute atomic E-state index is 0.0228. The fourth-order valence-corrected chi connectivity index (χ4v) is 2.03. The number of hydrogen-bond acceptors (Lipinski definition) is 5. The summed E-state index contributed by atoms with van der Waals surface area (Å²) in [4.78, 5) is 7.80. The van der Waals surface area contributed by atoms with E-state index in [1.807, 2.05) is 13.8 Å². The number of rotatable bonds is 4. The molecular formula is C11H14Cl2N2O3. The lowest BCUT2D eigenvalue weighted by atomic mass is 10.3. The zero-order valence-corrected chi connectivity index (χ0v) is 11.7. The van der Waals surface area contributed by atoms with Gasteiger partial charge in [0.15, 0.2) is 5.79 Å². The van der Waals surface area contributed by atoms with E-state index in [9.17, 15) is 0 Å². The smallest absolute Gasteiger partial charge is 0.319 e. The Balaban J connectivity index is 1.79. The normalized spacial score (nSPS) is 22.1. The standard InChI is InChI=1S/C11H14Cl2N2O3/c1-11(2)17-6-7(18-11)3-4-16-10-14-8(12)5-9(13)15-10/h5,7H,3-4,6H2,1-2H3. The summed E-state index contributed by atoms with van der Waals surface area (Å²) in [5, 5.41) is 0.512. The van der Waals surface area contributed by atoms with Crippen LogP contribution in [0.1, 0.15) is 20.3 Å². The summed E-state index contributed by atoms with van der Waals surface area (Å²) in [6, 6.07) is 1.62. The Morgan fingerprint density at radius 1 is 1.39 bits per heavy atom. The van der Waals surface area contributed by atoms with Crippen molar-refractivity contribution >= 4 is 23.2 Å². The predicted molar refractivity (Wildman–Crippen MR) is 67.1 cm³/mol. The summed E-state index contributed by atoms with van der Waals surface area (Å²) >= 11 is 11.5. The average Bonchev–Trinajstić information content (AvgIpc) is 2.57. The highest BCUT2D eigenvalue weighted by Crippen LogP contribution is 2.24. The molecular weight excluding hydrogens is 279 g/mol. The van der Waals surface area contributed by atoms with Crippen LogP contribution in [0.5, 0.6) is 6.01 Å². The van der Waals surface area contributed by atoms with Crippen LogP contribution in [0, 0.1) is 0 Å². The van der Waals surface area contributed by atoms with Gasteiger partial charge >= 0.3 is 6.01 Å². The van der Waals surface area contributed by atoms with Gasteiger partial charge in [-0.1, -0.05) is 23.2 Å². The third-order valence-corrected chi connectivity index (χ3v) is 2.77. The lowest BCUT2D eigenvalue weighted by molar-refractivity contribution is -0.139. The van der Waals surface area contributed by atoms with Gasteiger partial charge in [-0.15, -0.1) is 0 Å². The minimum Gasteiger partial charge on any atom is -0.463 e. The van der Waals surface area contributed by atoms with E-state index in [1.165, 1.54) is 6.07 Å². The molecule has 0 radical (unpaired) electrons. The Morgan fingerprint density at radius 2 is 2.06 bits per heavy atom. The molecule has 18 heavy (non-hydrogen) atoms. The maximum atomic E-state index is 5.73. The zero-order chi connectivity index (χ0) is 13.2. The highest BCUT2D eigenvalue weighted by atomic mass is 35.5. The van der Waals surface area contributed by atoms with E-state index in [0.717, 1.165) is 0 Å². The summed E-state index contributed by atoms with van der Waals surface area (Å²) in [7, 11) is 0. The predicted octanol–water partition coefficient (Wildman–Crippen LogP) is 2.70. The fraction of sp³-hybridized carbons (Fsp3) is 0.636. The van der Waals surface area contributed by atoms with Crippen molar-refractivity contribution in [3.63, 3.8) is 0 Å². The first kappa shape index (κ1) is 13.8. The lowest BCUT2D eigenvalue weighted by Crippen LogP contribution is -2.22. The quantitative estimate of drug-likeness (QED) is 0.799. The van der Waals surface area contributed by atoms with E-state index in [4.69, 9.17) is 37.4 Å². The van der Waals surface area contributed by atoms with Gasteiger partial charge in [-0.2, -0.15) is 9.97 Å². The monoisotopic (exact) mass is 292 g/mol. The summed E-state index contributed by atoms with van der Waals surface area (Å²) < 4.78 is 16.5. The molecule has 0 amide bonds. The topological polar surface area (TPSA) is 53.5 Å². The van der Waals surface area contributed by atoms with Crippen molar-refractivity contribution in [2.45, 2.75) is 32.2 Å². The molecule has 1 atom stereocenters. The van der Waals surface area contributed by atoms with E-state index >= 15 is 0 Å². The Kier molecular flexibility index (Phi) is 4.27. The van der Waals surface area contributed by atoms with Gasteiger partial charge in [-0.25, -0.2) is 0 Å². The van der Waals surface area contributed by atoms with Gasteiger partial charge in [0.1, 0.15) is 10.3 Å². The van der Waals surface area contributed by atoms with Crippen molar-refractivity contribution in [1.29, 1.82) is 0 Å². The third-order valence-electron chi connectivity index (χ3n) is 2.38. The number of nitrogens with zero attached hydrogens (tertiary/aromatic N) is 2. The largest absolute Gasteiger partial charge is 0.463 e. The minimum atomic E-state index is -0.513. The molecule has 0 saturated carbocycles. The highest BCUT2D eigenvalue weighted by Gasteiger charge is 2.32. The van der Waals surface area contributed by atoms with E-state index < -0.39 is 5.79 Å². The molecule has 1 unspecified atom stereocenters. The molecule has 0 aromatic carbocycles. The van der Waals surface area contributed by atoms with Crippen LogP contribution < -0.4 is 4.74 Å². The maximum Gasteiger partial charge on any atom is 0.319 e. The molecule has 1 aromatic heterocycles. The molecule has 7 heteroatoms. The second-order valence-electron chi connectivity index (χ2n) is 4.38. The molecule has 1 aliphatic rings. The first-order valence-electron chi connectivity index (χ1n) is 5.59. The second-order valence-corrected chi connectivity index (χ2v) is 5.16. The first-order valence-corrected chi connectivity index (χ1v) is 6.35. The van der Waals surface area contributed by atoms with Crippen LogP contribution in [0.4, 0.5) is 0 Å². The van der Waals surface area contributed by atoms with E-state index in [2.05, 4.69) is 9.97 Å². The number of ether oxygens (including phenoxy) is 3. The van der Waals surface area contributed by atoms with E-state index in [1.54, 1.807) is 0 Å². The molecule has 0 aliphatic carbocycles. The SMILES string of the molecule is CC1(C)OCC(CCOc2nc(Cl)cc(Cl)n2)O1. The van der Waals surface area contributed by atoms with E-state index in [0.29, 0.717) is 19.6 Å². The molecule has 0 bridgehead atoms. The Labute approximate surface area is 115 Å². The van der Waals surface area contributed by atoms with Gasteiger partial charge in [0.2, 0.25) is 0 Å². The van der Waals surface area contributed by atoms with Crippen LogP contribution in [0.2, 0.25) is 10.3 Å². The zero-order valence-electron chi connectivity index (χ0n) is 10.2. The molecule has 2 heterocycles. The van der Waals surface area contributed by atoms with E-state index in [-0.39, 0.29) is 22.4 Å². The summed E-state index contributed by atoms with van der Waals surface area (Å²) in [5.74, 6) is -0.513. The molecule has 0 N–H and O–H groups in total. The van der Waals surface area contributed by atoms with Gasteiger partial charge in [0, 0.05) is 12.5 Å². The van der Waals surface area contributed by atoms with Crippen LogP contribution in [0.15, 0.2) is 6.07 Å². The van der Waals surface area contributed by atoms with Gasteiger partial charge in [-0.3, -0.25) is 0 Å². The Bertz CT molecular complexity index is 408. The lowest BCUT2D eigenvalue weighted by Gasteiger charge is -2.16. The fourth-order valence-electron chi connectivity index (χ4n) is 1.62. The van der Waals surface area contributed by atoms with Gasteiger partial charge < -0.3 is 14.2 Å². The van der Waals surface area contributed by atoms with Crippen LogP contribution in [0.3, 0.4) is 0 Å². The van der Waals surface area contributed by atoms with Crippen molar-refractivity contribution in [3.05, 3.63) is 16.4 Å². The molecule has 1 aliphatic heterocycles. The first-order chi connectivity index (χ1) is 8.44. The molecule has 1 fully saturated rings. The van der Waals surface area contributed by atoms with Crippen molar-refractivity contribution in [1.82, 2.24) is 9.97 Å². The molecule has 1 aromatic rings. The number of halogens is 2. The molecule has 100 valence electrons. The third kappa shape index (κ3) is 3.95. The van der Waals surface area contributed by atoms with Crippen molar-refractivity contribution in [3.8, 4) is 6.01 Å². The molecule has 0 spiro atoms. The van der Waals surface area contributed by atoms with Gasteiger partial charge in [0.05, 0.1) is 19.3 Å². The number of hydrogen-bond donors (Lipinski definition) is 0. The van der Waals surface area contributed by atoms with Crippen molar-refractivity contribution in [2.75, 3.05) is 13.2 Å². The van der Waals surface area contributed by atoms with Crippen LogP contribution >= 0.6 is 23.2 Å². The second kappa shape index (κ2) is 5.57. The van der Waals surface area contributed by atoms with Crippen LogP contribution in [0.25, 0.3) is 0 Å².